The van der Waals surface area contributed by atoms with Gasteiger partial charge in [-0.25, -0.2) is 0 Å². The third-order valence-electron chi connectivity index (χ3n) is 7.38. The summed E-state index contributed by atoms with van der Waals surface area (Å²) in [6, 6.07) is 13.9. The van der Waals surface area contributed by atoms with Crippen LogP contribution in [-0.4, -0.2) is 54.9 Å². The summed E-state index contributed by atoms with van der Waals surface area (Å²) in [6.45, 7) is 6.22. The number of hydrogen-bond donors (Lipinski definition) is 2. The van der Waals surface area contributed by atoms with Crippen LogP contribution in [0.4, 0.5) is 0 Å². The smallest absolute Gasteiger partial charge is 0.223 e. The Balaban J connectivity index is 1.62. The van der Waals surface area contributed by atoms with Crippen molar-refractivity contribution >= 4 is 36.8 Å². The van der Waals surface area contributed by atoms with Gasteiger partial charge in [0.2, 0.25) is 5.91 Å². The fraction of sp³-hybridized carbons (Fsp3) is 0.500. The first kappa shape index (κ1) is 25.6. The van der Waals surface area contributed by atoms with E-state index in [9.17, 15) is 14.7 Å². The molecule has 2 aromatic rings. The number of methoxy groups -OCH3 is 1. The number of aliphatic hydroxyl groups excluding tert-OH is 1. The highest BCUT2D eigenvalue weighted by Crippen LogP contribution is 2.47. The molecule has 2 N–H and O–H groups in total. The van der Waals surface area contributed by atoms with Crippen molar-refractivity contribution < 1.29 is 24.2 Å². The molecule has 34 heavy (non-hydrogen) atoms. The Morgan fingerprint density at radius 3 is 2.62 bits per heavy atom. The van der Waals surface area contributed by atoms with E-state index in [-0.39, 0.29) is 48.6 Å². The Bertz CT molecular complexity index is 1040. The normalized spacial score (nSPS) is 25.2. The molecule has 0 aromatic heterocycles. The monoisotopic (exact) mass is 595 g/mol. The Kier molecular flexibility index (Phi) is 7.73. The van der Waals surface area contributed by atoms with E-state index in [1.807, 2.05) is 43.4 Å². The lowest BCUT2D eigenvalue weighted by Crippen LogP contribution is -2.52. The van der Waals surface area contributed by atoms with Crippen LogP contribution in [0.5, 0.6) is 5.75 Å². The molecule has 1 unspecified atom stereocenters. The summed E-state index contributed by atoms with van der Waals surface area (Å²) >= 11 is 2.28. The zero-order valence-electron chi connectivity index (χ0n) is 20.2. The van der Waals surface area contributed by atoms with Crippen LogP contribution in [0.2, 0.25) is 18.6 Å². The van der Waals surface area contributed by atoms with E-state index in [1.165, 1.54) is 5.56 Å². The van der Waals surface area contributed by atoms with Gasteiger partial charge in [0.05, 0.1) is 18.8 Å². The molecular formula is C26H34INO5Si. The van der Waals surface area contributed by atoms with Crippen LogP contribution in [0, 0.1) is 9.49 Å². The van der Waals surface area contributed by atoms with Gasteiger partial charge in [-0.2, -0.15) is 0 Å². The summed E-state index contributed by atoms with van der Waals surface area (Å²) in [5.41, 5.74) is 2.98. The molecule has 6 nitrogen and oxygen atoms in total. The Morgan fingerprint density at radius 2 is 1.97 bits per heavy atom. The van der Waals surface area contributed by atoms with Crippen molar-refractivity contribution in [2.45, 2.75) is 63.2 Å². The van der Waals surface area contributed by atoms with Crippen molar-refractivity contribution in [1.29, 1.82) is 0 Å². The molecule has 0 saturated heterocycles. The zero-order chi connectivity index (χ0) is 24.6. The number of carbonyl (C=O) groups is 1. The van der Waals surface area contributed by atoms with Crippen LogP contribution in [0.15, 0.2) is 42.5 Å². The molecule has 4 rings (SSSR count). The number of halogens is 1. The summed E-state index contributed by atoms with van der Waals surface area (Å²) in [5, 5.41) is 10.0. The maximum absolute atomic E-state index is 13.7. The number of amides is 1. The van der Waals surface area contributed by atoms with Gasteiger partial charge >= 0.3 is 0 Å². The number of carbonyl (C=O) groups excluding carboxylic acids is 1. The predicted molar refractivity (Wildman–Crippen MR) is 142 cm³/mol. The number of nitrogens with zero attached hydrogens (tertiary/aromatic N) is 1. The molecular weight excluding hydrogens is 561 g/mol. The maximum Gasteiger partial charge on any atom is 0.223 e. The van der Waals surface area contributed by atoms with Gasteiger partial charge in [-0.15, -0.1) is 0 Å². The van der Waals surface area contributed by atoms with E-state index < -0.39 is 8.32 Å². The number of ether oxygens (including phenoxy) is 2. The van der Waals surface area contributed by atoms with Crippen molar-refractivity contribution in [1.82, 2.24) is 4.90 Å². The van der Waals surface area contributed by atoms with Gasteiger partial charge < -0.3 is 24.3 Å². The van der Waals surface area contributed by atoms with E-state index in [0.29, 0.717) is 13.0 Å². The number of hydrogen-bond acceptors (Lipinski definition) is 5. The van der Waals surface area contributed by atoms with E-state index in [2.05, 4.69) is 41.6 Å². The molecule has 0 spiro atoms. The maximum atomic E-state index is 13.7. The minimum Gasteiger partial charge on any atom is -0.490 e. The van der Waals surface area contributed by atoms with Crippen molar-refractivity contribution in [3.05, 3.63) is 62.7 Å². The SMILES string of the molecule is CO[C@H]1c2cc(I)ccc2O[C@@H](C(CC(=O)N2Cc3ccccc3C[C@H]2CO)[Si](C)(C)O)[C@@H]1C. The van der Waals surface area contributed by atoms with Gasteiger partial charge in [-0.3, -0.25) is 4.79 Å². The van der Waals surface area contributed by atoms with Gasteiger partial charge in [0, 0.05) is 40.7 Å². The minimum atomic E-state index is -2.81. The van der Waals surface area contributed by atoms with Gasteiger partial charge in [0.15, 0.2) is 8.32 Å². The van der Waals surface area contributed by atoms with Crippen LogP contribution in [-0.2, 0) is 22.5 Å². The molecule has 8 heteroatoms. The molecule has 5 atom stereocenters. The van der Waals surface area contributed by atoms with Gasteiger partial charge in [0.1, 0.15) is 11.9 Å². The van der Waals surface area contributed by atoms with E-state index in [0.717, 1.165) is 20.4 Å². The van der Waals surface area contributed by atoms with Crippen LogP contribution < -0.4 is 4.74 Å². The van der Waals surface area contributed by atoms with Crippen LogP contribution in [0.1, 0.15) is 36.1 Å². The molecule has 0 radical (unpaired) electrons. The lowest BCUT2D eigenvalue weighted by atomic mass is 9.86. The van der Waals surface area contributed by atoms with Crippen molar-refractivity contribution in [3.8, 4) is 5.75 Å². The summed E-state index contributed by atoms with van der Waals surface area (Å²) in [4.78, 5) is 26.8. The highest BCUT2D eigenvalue weighted by Gasteiger charge is 2.48. The van der Waals surface area contributed by atoms with Crippen molar-refractivity contribution in [2.24, 2.45) is 5.92 Å². The second kappa shape index (κ2) is 10.3. The van der Waals surface area contributed by atoms with Crippen LogP contribution in [0.25, 0.3) is 0 Å². The first-order chi connectivity index (χ1) is 16.1. The first-order valence-corrected chi connectivity index (χ1v) is 15.9. The third kappa shape index (κ3) is 5.06. The highest BCUT2D eigenvalue weighted by molar-refractivity contribution is 14.1. The molecule has 2 heterocycles. The summed E-state index contributed by atoms with van der Waals surface area (Å²) in [6.07, 6.45) is 0.290. The van der Waals surface area contributed by atoms with E-state index >= 15 is 0 Å². The summed E-state index contributed by atoms with van der Waals surface area (Å²) in [5.74, 6) is 0.667. The molecule has 184 valence electrons. The highest BCUT2D eigenvalue weighted by atomic mass is 127. The number of fused-ring (bicyclic) bond motifs is 2. The fourth-order valence-corrected chi connectivity index (χ4v) is 7.83. The van der Waals surface area contributed by atoms with Crippen molar-refractivity contribution in [3.63, 3.8) is 0 Å². The summed E-state index contributed by atoms with van der Waals surface area (Å²) < 4.78 is 13.5. The molecule has 2 aliphatic rings. The van der Waals surface area contributed by atoms with Gasteiger partial charge in [-0.1, -0.05) is 31.2 Å². The lowest BCUT2D eigenvalue weighted by Gasteiger charge is -2.44. The lowest BCUT2D eigenvalue weighted by molar-refractivity contribution is -0.136. The molecule has 2 aliphatic heterocycles. The average Bonchev–Trinajstić information content (AvgIpc) is 2.80. The van der Waals surface area contributed by atoms with Crippen molar-refractivity contribution in [2.75, 3.05) is 13.7 Å². The van der Waals surface area contributed by atoms with Gasteiger partial charge in [-0.05, 0) is 71.4 Å². The van der Waals surface area contributed by atoms with Crippen LogP contribution >= 0.6 is 22.6 Å². The standard InChI is InChI=1S/C26H34INO5Si/c1-16-25(32-2)21-12-19(27)9-10-22(21)33-26(16)23(34(3,4)31)13-24(30)28-14-18-8-6-5-7-17(18)11-20(28)15-29/h5-10,12,16,20,23,25-26,29,31H,11,13-15H2,1-4H3/t16-,20+,23?,25-,26-/m1/s1. The summed E-state index contributed by atoms with van der Waals surface area (Å²) in [7, 11) is -1.11. The topological polar surface area (TPSA) is 79.2 Å². The number of rotatable bonds is 6. The second-order valence-corrected chi connectivity index (χ2v) is 15.4. The molecule has 0 saturated carbocycles. The predicted octanol–water partition coefficient (Wildman–Crippen LogP) is 4.28. The Morgan fingerprint density at radius 1 is 1.26 bits per heavy atom. The Hall–Kier alpha value is -1.46. The van der Waals surface area contributed by atoms with E-state index in [1.54, 1.807) is 12.0 Å². The van der Waals surface area contributed by atoms with Crippen LogP contribution in [0.3, 0.4) is 0 Å². The molecule has 0 bridgehead atoms. The fourth-order valence-electron chi connectivity index (χ4n) is 5.46. The zero-order valence-corrected chi connectivity index (χ0v) is 23.4. The van der Waals surface area contributed by atoms with E-state index in [4.69, 9.17) is 9.47 Å². The molecule has 2 aromatic carbocycles. The first-order valence-electron chi connectivity index (χ1n) is 11.8. The number of aliphatic hydroxyl groups is 1. The third-order valence-corrected chi connectivity index (χ3v) is 10.4. The average molecular weight is 596 g/mol. The Labute approximate surface area is 216 Å². The minimum absolute atomic E-state index is 0.0388. The van der Waals surface area contributed by atoms with Gasteiger partial charge in [0.25, 0.3) is 0 Å². The molecule has 0 aliphatic carbocycles. The molecule has 0 fully saturated rings. The molecule has 1 amide bonds. The quantitative estimate of drug-likeness (QED) is 0.385. The largest absolute Gasteiger partial charge is 0.490 e. The number of benzene rings is 2. The second-order valence-electron chi connectivity index (χ2n) is 10.1.